The number of carbonyl (C=O) groups excluding carboxylic acids is 1. The molecule has 2 aromatic rings. The van der Waals surface area contributed by atoms with E-state index in [4.69, 9.17) is 11.6 Å². The van der Waals surface area contributed by atoms with Crippen LogP contribution in [0.3, 0.4) is 0 Å². The molecule has 1 N–H and O–H groups in total. The van der Waals surface area contributed by atoms with Crippen molar-refractivity contribution in [1.82, 2.24) is 20.1 Å². The normalized spacial score (nSPS) is 18.8. The van der Waals surface area contributed by atoms with E-state index in [2.05, 4.69) is 15.5 Å². The third kappa shape index (κ3) is 3.28. The molecule has 1 aromatic heterocycles. The molecule has 7 heteroatoms. The van der Waals surface area contributed by atoms with Crippen molar-refractivity contribution in [1.29, 1.82) is 0 Å². The maximum absolute atomic E-state index is 12.1. The zero-order valence-electron chi connectivity index (χ0n) is 12.3. The van der Waals surface area contributed by atoms with Gasteiger partial charge < -0.3 is 5.32 Å². The molecular weight excluding hydrogens is 320 g/mol. The summed E-state index contributed by atoms with van der Waals surface area (Å²) < 4.78 is 1.87. The zero-order valence-corrected chi connectivity index (χ0v) is 13.8. The first kappa shape index (κ1) is 15.4. The minimum Gasteiger partial charge on any atom is -0.355 e. The highest BCUT2D eigenvalue weighted by Crippen LogP contribution is 2.29. The van der Waals surface area contributed by atoms with Crippen LogP contribution >= 0.6 is 23.4 Å². The monoisotopic (exact) mass is 336 g/mol. The van der Waals surface area contributed by atoms with Crippen LogP contribution < -0.4 is 5.32 Å². The molecule has 0 aliphatic carbocycles. The van der Waals surface area contributed by atoms with Gasteiger partial charge in [-0.2, -0.15) is 0 Å². The van der Waals surface area contributed by atoms with Gasteiger partial charge in [0.25, 0.3) is 0 Å². The predicted octanol–water partition coefficient (Wildman–Crippen LogP) is 2.99. The van der Waals surface area contributed by atoms with E-state index >= 15 is 0 Å². The second kappa shape index (κ2) is 6.71. The van der Waals surface area contributed by atoms with Gasteiger partial charge in [0, 0.05) is 11.6 Å². The highest BCUT2D eigenvalue weighted by Gasteiger charge is 2.24. The minimum atomic E-state index is -0.119. The first-order valence-corrected chi connectivity index (χ1v) is 8.52. The summed E-state index contributed by atoms with van der Waals surface area (Å²) in [7, 11) is 0. The van der Waals surface area contributed by atoms with Crippen molar-refractivity contribution in [3.63, 3.8) is 0 Å². The number of thioether (sulfide) groups is 1. The molecule has 1 saturated heterocycles. The van der Waals surface area contributed by atoms with E-state index in [0.717, 1.165) is 37.1 Å². The molecule has 0 saturated carbocycles. The Balaban J connectivity index is 1.85. The van der Waals surface area contributed by atoms with Gasteiger partial charge in [0.05, 0.1) is 10.9 Å². The molecule has 5 nitrogen and oxygen atoms in total. The van der Waals surface area contributed by atoms with Crippen LogP contribution in [0.1, 0.15) is 24.8 Å². The van der Waals surface area contributed by atoms with E-state index in [9.17, 15) is 4.79 Å². The van der Waals surface area contributed by atoms with Crippen LogP contribution in [0.4, 0.5) is 0 Å². The van der Waals surface area contributed by atoms with Gasteiger partial charge in [-0.25, -0.2) is 0 Å². The van der Waals surface area contributed by atoms with Gasteiger partial charge in [-0.1, -0.05) is 35.9 Å². The lowest BCUT2D eigenvalue weighted by Gasteiger charge is -2.13. The molecule has 1 amide bonds. The fourth-order valence-corrected chi connectivity index (χ4v) is 3.63. The van der Waals surface area contributed by atoms with Gasteiger partial charge in [-0.3, -0.25) is 9.36 Å². The average Bonchev–Trinajstić information content (AvgIpc) is 2.87. The fourth-order valence-electron chi connectivity index (χ4n) is 2.36. The lowest BCUT2D eigenvalue weighted by molar-refractivity contribution is -0.120. The Morgan fingerprint density at radius 3 is 3.09 bits per heavy atom. The predicted molar refractivity (Wildman–Crippen MR) is 87.6 cm³/mol. The number of amides is 1. The highest BCUT2D eigenvalue weighted by molar-refractivity contribution is 8.00. The van der Waals surface area contributed by atoms with E-state index < -0.39 is 0 Å². The maximum atomic E-state index is 12.1. The van der Waals surface area contributed by atoms with Crippen LogP contribution in [0.15, 0.2) is 29.7 Å². The Labute approximate surface area is 138 Å². The summed E-state index contributed by atoms with van der Waals surface area (Å²) in [6, 6.07) is 5.82. The lowest BCUT2D eigenvalue weighted by atomic mass is 10.2. The van der Waals surface area contributed by atoms with Crippen molar-refractivity contribution in [2.24, 2.45) is 0 Å². The number of carbonyl (C=O) groups is 1. The molecular formula is C15H17ClN4OS. The smallest absolute Gasteiger partial charge is 0.233 e. The van der Waals surface area contributed by atoms with E-state index in [1.165, 1.54) is 11.8 Å². The molecule has 1 atom stereocenters. The molecule has 1 aliphatic heterocycles. The maximum Gasteiger partial charge on any atom is 0.233 e. The summed E-state index contributed by atoms with van der Waals surface area (Å²) in [5.41, 5.74) is 1.92. The number of aryl methyl sites for hydroxylation is 1. The molecule has 0 radical (unpaired) electrons. The number of aromatic nitrogens is 3. The Morgan fingerprint density at radius 2 is 2.27 bits per heavy atom. The second-order valence-corrected chi connectivity index (χ2v) is 6.89. The number of hydrogen-bond acceptors (Lipinski definition) is 4. The van der Waals surface area contributed by atoms with Crippen LogP contribution in [-0.4, -0.2) is 32.5 Å². The molecule has 3 rings (SSSR count). The average molecular weight is 337 g/mol. The molecule has 2 heterocycles. The van der Waals surface area contributed by atoms with Crippen LogP contribution in [0.25, 0.3) is 5.69 Å². The van der Waals surface area contributed by atoms with Gasteiger partial charge in [0.1, 0.15) is 6.33 Å². The molecule has 0 spiro atoms. The Kier molecular flexibility index (Phi) is 4.69. The van der Waals surface area contributed by atoms with Crippen LogP contribution in [0, 0.1) is 6.92 Å². The number of benzene rings is 1. The standard InChI is InChI=1S/C15H17ClN4OS/c1-10-5-6-11(8-12(10)16)20-9-18-19-15(20)22-13-4-2-3-7-17-14(13)21/h5-6,8-9,13H,2-4,7H2,1H3,(H,17,21). The van der Waals surface area contributed by atoms with Crippen molar-refractivity contribution < 1.29 is 4.79 Å². The fraction of sp³-hybridized carbons (Fsp3) is 0.400. The lowest BCUT2D eigenvalue weighted by Crippen LogP contribution is -2.30. The molecule has 22 heavy (non-hydrogen) atoms. The van der Waals surface area contributed by atoms with Crippen molar-refractivity contribution in [2.45, 2.75) is 36.6 Å². The van der Waals surface area contributed by atoms with E-state index in [1.54, 1.807) is 6.33 Å². The molecule has 116 valence electrons. The topological polar surface area (TPSA) is 59.8 Å². The molecule has 1 unspecified atom stereocenters. The Bertz CT molecular complexity index is 688. The van der Waals surface area contributed by atoms with Gasteiger partial charge in [0.15, 0.2) is 5.16 Å². The van der Waals surface area contributed by atoms with Crippen molar-refractivity contribution in [3.8, 4) is 5.69 Å². The largest absolute Gasteiger partial charge is 0.355 e. The highest BCUT2D eigenvalue weighted by atomic mass is 35.5. The molecule has 0 bridgehead atoms. The first-order chi connectivity index (χ1) is 10.6. The Hall–Kier alpha value is -1.53. The second-order valence-electron chi connectivity index (χ2n) is 5.31. The van der Waals surface area contributed by atoms with Crippen LogP contribution in [0.5, 0.6) is 0 Å². The van der Waals surface area contributed by atoms with E-state index in [-0.39, 0.29) is 11.2 Å². The summed E-state index contributed by atoms with van der Waals surface area (Å²) in [5.74, 6) is 0.0824. The number of hydrogen-bond donors (Lipinski definition) is 1. The van der Waals surface area contributed by atoms with E-state index in [0.29, 0.717) is 10.2 Å². The molecule has 1 fully saturated rings. The third-order valence-electron chi connectivity index (χ3n) is 3.68. The number of nitrogens with zero attached hydrogens (tertiary/aromatic N) is 3. The van der Waals surface area contributed by atoms with Crippen molar-refractivity contribution >= 4 is 29.3 Å². The van der Waals surface area contributed by atoms with Gasteiger partial charge >= 0.3 is 0 Å². The summed E-state index contributed by atoms with van der Waals surface area (Å²) in [5, 5.41) is 12.4. The Morgan fingerprint density at radius 1 is 1.41 bits per heavy atom. The van der Waals surface area contributed by atoms with Gasteiger partial charge in [-0.05, 0) is 37.5 Å². The van der Waals surface area contributed by atoms with Gasteiger partial charge in [0.2, 0.25) is 5.91 Å². The summed E-state index contributed by atoms with van der Waals surface area (Å²) >= 11 is 7.65. The number of nitrogens with one attached hydrogen (secondary N) is 1. The van der Waals surface area contributed by atoms with Crippen LogP contribution in [0.2, 0.25) is 5.02 Å². The summed E-state index contributed by atoms with van der Waals surface area (Å²) in [6.45, 7) is 2.72. The first-order valence-electron chi connectivity index (χ1n) is 7.26. The third-order valence-corrected chi connectivity index (χ3v) is 5.31. The molecule has 1 aliphatic rings. The van der Waals surface area contributed by atoms with E-state index in [1.807, 2.05) is 29.7 Å². The zero-order chi connectivity index (χ0) is 15.5. The minimum absolute atomic E-state index is 0.0824. The van der Waals surface area contributed by atoms with Gasteiger partial charge in [-0.15, -0.1) is 10.2 Å². The van der Waals surface area contributed by atoms with Crippen molar-refractivity contribution in [3.05, 3.63) is 35.1 Å². The molecule has 1 aromatic carbocycles. The number of rotatable bonds is 3. The SMILES string of the molecule is Cc1ccc(-n2cnnc2SC2CCCCNC2=O)cc1Cl. The summed E-state index contributed by atoms with van der Waals surface area (Å²) in [4.78, 5) is 12.1. The quantitative estimate of drug-likeness (QED) is 0.936. The van der Waals surface area contributed by atoms with Crippen LogP contribution in [-0.2, 0) is 4.79 Å². The van der Waals surface area contributed by atoms with Crippen molar-refractivity contribution in [2.75, 3.05) is 6.54 Å². The number of halogens is 1. The summed E-state index contributed by atoms with van der Waals surface area (Å²) in [6.07, 6.45) is 4.58.